The van der Waals surface area contributed by atoms with Crippen LogP contribution in [0.5, 0.6) is 0 Å². The summed E-state index contributed by atoms with van der Waals surface area (Å²) >= 11 is 9.12. The van der Waals surface area contributed by atoms with Gasteiger partial charge in [0.2, 0.25) is 0 Å². The van der Waals surface area contributed by atoms with E-state index in [0.29, 0.717) is 0 Å². The van der Waals surface area contributed by atoms with Gasteiger partial charge in [-0.25, -0.2) is 0 Å². The van der Waals surface area contributed by atoms with Crippen molar-refractivity contribution < 1.29 is 0 Å². The van der Waals surface area contributed by atoms with Crippen LogP contribution in [0.4, 0.5) is 0 Å². The monoisotopic (exact) mass is 217 g/mol. The molecule has 0 heterocycles. The smallest absolute Gasteiger partial charge is 0.0551 e. The molecule has 0 spiro atoms. The van der Waals surface area contributed by atoms with Crippen molar-refractivity contribution in [3.05, 3.63) is 33.3 Å². The minimum atomic E-state index is 0.760. The third-order valence-electron chi connectivity index (χ3n) is 1.29. The summed E-state index contributed by atoms with van der Waals surface area (Å²) in [6.45, 7) is 2.08. The Hall–Kier alpha value is -0.0100. The SMILES string of the molecule is CCc1[c]cc(Br)c(Cl)c1. The zero-order chi connectivity index (χ0) is 7.56. The van der Waals surface area contributed by atoms with E-state index in [1.165, 1.54) is 0 Å². The first-order valence-electron chi connectivity index (χ1n) is 3.09. The van der Waals surface area contributed by atoms with Crippen LogP contribution in [-0.4, -0.2) is 0 Å². The molecule has 1 aromatic carbocycles. The van der Waals surface area contributed by atoms with Gasteiger partial charge < -0.3 is 0 Å². The highest BCUT2D eigenvalue weighted by Gasteiger charge is 1.96. The third kappa shape index (κ3) is 1.74. The van der Waals surface area contributed by atoms with Gasteiger partial charge in [0.05, 0.1) is 5.02 Å². The number of hydrogen-bond acceptors (Lipinski definition) is 0. The fourth-order valence-electron chi connectivity index (χ4n) is 0.693. The van der Waals surface area contributed by atoms with Gasteiger partial charge in [-0.1, -0.05) is 18.5 Å². The van der Waals surface area contributed by atoms with Gasteiger partial charge in [0, 0.05) is 4.47 Å². The van der Waals surface area contributed by atoms with Crippen LogP contribution in [0.1, 0.15) is 12.5 Å². The molecule has 1 rings (SSSR count). The summed E-state index contributed by atoms with van der Waals surface area (Å²) in [7, 11) is 0. The minimum absolute atomic E-state index is 0.760. The summed E-state index contributed by atoms with van der Waals surface area (Å²) in [5.74, 6) is 0. The normalized spacial score (nSPS) is 9.90. The molecule has 1 aromatic rings. The van der Waals surface area contributed by atoms with Gasteiger partial charge in [-0.3, -0.25) is 0 Å². The lowest BCUT2D eigenvalue weighted by atomic mass is 10.2. The van der Waals surface area contributed by atoms with Crippen molar-refractivity contribution in [1.82, 2.24) is 0 Å². The average Bonchev–Trinajstić information content (AvgIpc) is 1.95. The molecule has 0 aromatic heterocycles. The highest BCUT2D eigenvalue weighted by molar-refractivity contribution is 9.10. The lowest BCUT2D eigenvalue weighted by Gasteiger charge is -1.97. The Morgan fingerprint density at radius 1 is 1.70 bits per heavy atom. The van der Waals surface area contributed by atoms with Gasteiger partial charge in [0.25, 0.3) is 0 Å². The Kier molecular flexibility index (Phi) is 2.75. The van der Waals surface area contributed by atoms with E-state index in [1.807, 2.05) is 12.1 Å². The molecule has 0 amide bonds. The Morgan fingerprint density at radius 3 is 2.90 bits per heavy atom. The Balaban J connectivity index is 3.04. The van der Waals surface area contributed by atoms with Crippen LogP contribution in [0, 0.1) is 6.07 Å². The van der Waals surface area contributed by atoms with Crippen LogP contribution in [0.25, 0.3) is 0 Å². The van der Waals surface area contributed by atoms with Crippen LogP contribution in [0.3, 0.4) is 0 Å². The lowest BCUT2D eigenvalue weighted by molar-refractivity contribution is 1.13. The summed E-state index contributed by atoms with van der Waals surface area (Å²) in [6, 6.07) is 6.87. The van der Waals surface area contributed by atoms with Gasteiger partial charge in [0.15, 0.2) is 0 Å². The Labute approximate surface area is 74.3 Å². The fraction of sp³-hybridized carbons (Fsp3) is 0.250. The van der Waals surface area contributed by atoms with E-state index < -0.39 is 0 Å². The highest BCUT2D eigenvalue weighted by atomic mass is 79.9. The largest absolute Gasteiger partial charge is 0.0831 e. The molecule has 0 nitrogen and oxygen atoms in total. The van der Waals surface area contributed by atoms with Crippen LogP contribution in [0.2, 0.25) is 5.02 Å². The van der Waals surface area contributed by atoms with E-state index in [9.17, 15) is 0 Å². The van der Waals surface area contributed by atoms with Crippen molar-refractivity contribution in [3.8, 4) is 0 Å². The van der Waals surface area contributed by atoms with Crippen LogP contribution >= 0.6 is 27.5 Å². The molecule has 0 bridgehead atoms. The number of halogens is 2. The van der Waals surface area contributed by atoms with E-state index in [4.69, 9.17) is 11.6 Å². The number of hydrogen-bond donors (Lipinski definition) is 0. The van der Waals surface area contributed by atoms with Crippen molar-refractivity contribution in [2.75, 3.05) is 0 Å². The fourth-order valence-corrected chi connectivity index (χ4v) is 1.11. The summed E-state index contributed by atoms with van der Waals surface area (Å²) in [6.07, 6.45) is 0.979. The second-order valence-corrected chi connectivity index (χ2v) is 3.27. The van der Waals surface area contributed by atoms with Crippen LogP contribution < -0.4 is 0 Å². The molecule has 0 atom stereocenters. The first-order chi connectivity index (χ1) is 4.74. The lowest BCUT2D eigenvalue weighted by Crippen LogP contribution is -1.79. The maximum absolute atomic E-state index is 5.83. The Morgan fingerprint density at radius 2 is 2.40 bits per heavy atom. The van der Waals surface area contributed by atoms with Gasteiger partial charge in [-0.05, 0) is 46.1 Å². The molecule has 0 N–H and O–H groups in total. The molecular weight excluding hydrogens is 211 g/mol. The van der Waals surface area contributed by atoms with Crippen molar-refractivity contribution in [1.29, 1.82) is 0 Å². The van der Waals surface area contributed by atoms with Crippen LogP contribution in [0.15, 0.2) is 16.6 Å². The quantitative estimate of drug-likeness (QED) is 0.677. The molecule has 10 heavy (non-hydrogen) atoms. The van der Waals surface area contributed by atoms with E-state index in [1.54, 1.807) is 0 Å². The second kappa shape index (κ2) is 3.40. The summed E-state index contributed by atoms with van der Waals surface area (Å²) in [5.41, 5.74) is 1.15. The summed E-state index contributed by atoms with van der Waals surface area (Å²) in [4.78, 5) is 0. The molecule has 0 fully saturated rings. The zero-order valence-electron chi connectivity index (χ0n) is 5.62. The summed E-state index contributed by atoms with van der Waals surface area (Å²) < 4.78 is 0.909. The predicted molar refractivity (Wildman–Crippen MR) is 47.4 cm³/mol. The first kappa shape index (κ1) is 8.09. The molecule has 0 aliphatic carbocycles. The maximum atomic E-state index is 5.83. The topological polar surface area (TPSA) is 0 Å². The van der Waals surface area contributed by atoms with Crippen molar-refractivity contribution in [2.24, 2.45) is 0 Å². The van der Waals surface area contributed by atoms with Crippen molar-refractivity contribution in [3.63, 3.8) is 0 Å². The molecule has 1 radical (unpaired) electrons. The third-order valence-corrected chi connectivity index (χ3v) is 2.49. The van der Waals surface area contributed by atoms with Gasteiger partial charge >= 0.3 is 0 Å². The van der Waals surface area contributed by atoms with Crippen molar-refractivity contribution >= 4 is 27.5 Å². The first-order valence-corrected chi connectivity index (χ1v) is 4.26. The predicted octanol–water partition coefficient (Wildman–Crippen LogP) is 3.47. The van der Waals surface area contributed by atoms with E-state index in [-0.39, 0.29) is 0 Å². The van der Waals surface area contributed by atoms with Gasteiger partial charge in [-0.15, -0.1) is 0 Å². The second-order valence-electron chi connectivity index (χ2n) is 2.01. The molecule has 53 valence electrons. The molecule has 0 aliphatic heterocycles. The molecular formula is C8H7BrCl. The van der Waals surface area contributed by atoms with Crippen molar-refractivity contribution in [2.45, 2.75) is 13.3 Å². The van der Waals surface area contributed by atoms with Gasteiger partial charge in [-0.2, -0.15) is 0 Å². The maximum Gasteiger partial charge on any atom is 0.0551 e. The average molecular weight is 219 g/mol. The Bertz CT molecular complexity index is 233. The molecule has 0 saturated carbocycles. The molecule has 0 saturated heterocycles. The number of rotatable bonds is 1. The van der Waals surface area contributed by atoms with Gasteiger partial charge in [0.1, 0.15) is 0 Å². The standard InChI is InChI=1S/C8H7BrCl/c1-2-6-3-4-7(9)8(10)5-6/h4-5H,2H2,1H3. The molecule has 0 unspecified atom stereocenters. The highest BCUT2D eigenvalue weighted by Crippen LogP contribution is 2.22. The molecule has 2 heteroatoms. The van der Waals surface area contributed by atoms with Crippen LogP contribution in [-0.2, 0) is 6.42 Å². The van der Waals surface area contributed by atoms with E-state index >= 15 is 0 Å². The summed E-state index contributed by atoms with van der Waals surface area (Å²) in [5, 5.41) is 0.760. The molecule has 0 aliphatic rings. The van der Waals surface area contributed by atoms with E-state index in [2.05, 4.69) is 28.9 Å². The number of benzene rings is 1. The minimum Gasteiger partial charge on any atom is -0.0831 e. The zero-order valence-corrected chi connectivity index (χ0v) is 7.96. The number of aryl methyl sites for hydroxylation is 1. The van der Waals surface area contributed by atoms with E-state index in [0.717, 1.165) is 21.5 Å².